The van der Waals surface area contributed by atoms with E-state index in [9.17, 15) is 9.90 Å². The van der Waals surface area contributed by atoms with Gasteiger partial charge >= 0.3 is 6.09 Å². The first-order chi connectivity index (χ1) is 12.5. The topological polar surface area (TPSA) is 77.5 Å². The maximum absolute atomic E-state index is 13.0. The zero-order valence-electron chi connectivity index (χ0n) is 19.2. The molecule has 0 spiro atoms. The summed E-state index contributed by atoms with van der Waals surface area (Å²) in [5.74, 6) is -0.766. The van der Waals surface area contributed by atoms with Gasteiger partial charge in [-0.3, -0.25) is 4.90 Å². The first-order valence-corrected chi connectivity index (χ1v) is 13.0. The highest BCUT2D eigenvalue weighted by Crippen LogP contribution is 2.42. The van der Waals surface area contributed by atoms with Crippen LogP contribution in [0.3, 0.4) is 0 Å². The van der Waals surface area contributed by atoms with Crippen LogP contribution in [0.5, 0.6) is 0 Å². The highest BCUT2D eigenvalue weighted by molar-refractivity contribution is 6.74. The molecule has 2 fully saturated rings. The van der Waals surface area contributed by atoms with Gasteiger partial charge in [0.15, 0.2) is 14.1 Å². The first-order valence-electron chi connectivity index (χ1n) is 10.1. The second kappa shape index (κ2) is 7.54. The molecule has 0 bridgehead atoms. The van der Waals surface area contributed by atoms with Crippen molar-refractivity contribution in [3.8, 4) is 0 Å². The van der Waals surface area contributed by atoms with E-state index in [0.29, 0.717) is 6.61 Å². The Morgan fingerprint density at radius 3 is 2.00 bits per heavy atom. The Kier molecular flexibility index (Phi) is 6.36. The molecule has 2 heterocycles. The van der Waals surface area contributed by atoms with Gasteiger partial charge in [0.25, 0.3) is 0 Å². The summed E-state index contributed by atoms with van der Waals surface area (Å²) in [7, 11) is -2.03. The number of aliphatic hydroxyl groups is 1. The Morgan fingerprint density at radius 2 is 1.57 bits per heavy atom. The number of carbonyl (C=O) groups excluding carboxylic acids is 1. The Bertz CT molecular complexity index is 580. The lowest BCUT2D eigenvalue weighted by Gasteiger charge is -2.39. The second-order valence-corrected chi connectivity index (χ2v) is 15.7. The molecule has 0 radical (unpaired) electrons. The number of rotatable bonds is 4. The molecular formula is C20H39NO6Si. The van der Waals surface area contributed by atoms with Gasteiger partial charge in [0, 0.05) is 0 Å². The summed E-state index contributed by atoms with van der Waals surface area (Å²) in [5.41, 5.74) is -0.638. The normalized spacial score (nSPS) is 30.5. The van der Waals surface area contributed by atoms with E-state index in [1.807, 2.05) is 34.6 Å². The van der Waals surface area contributed by atoms with Crippen LogP contribution in [0.2, 0.25) is 18.1 Å². The number of fused-ring (bicyclic) bond motifs is 1. The molecule has 7 nitrogen and oxygen atoms in total. The lowest BCUT2D eigenvalue weighted by Crippen LogP contribution is -2.53. The van der Waals surface area contributed by atoms with Crippen molar-refractivity contribution in [2.75, 3.05) is 13.2 Å². The average Bonchev–Trinajstić information content (AvgIpc) is 2.92. The molecule has 0 unspecified atom stereocenters. The summed E-state index contributed by atoms with van der Waals surface area (Å²) in [6.07, 6.45) is -1.26. The third kappa shape index (κ3) is 4.90. The minimum atomic E-state index is -2.03. The van der Waals surface area contributed by atoms with Crippen LogP contribution in [0.25, 0.3) is 0 Å². The molecule has 8 heteroatoms. The first kappa shape index (κ1) is 23.6. The van der Waals surface area contributed by atoms with Crippen molar-refractivity contribution >= 4 is 14.4 Å². The summed E-state index contributed by atoms with van der Waals surface area (Å²) in [6.45, 7) is 20.2. The SMILES string of the molecule is CC(C)(C)OC(=O)N1[C@H](CO[Si](C)(C)C(C)(C)C)[C@H]2OC(C)(C)O[C@H]2[C@@H]1CO. The Labute approximate surface area is 170 Å². The second-order valence-electron chi connectivity index (χ2n) is 10.8. The van der Waals surface area contributed by atoms with Crippen molar-refractivity contribution in [1.82, 2.24) is 4.90 Å². The molecule has 164 valence electrons. The van der Waals surface area contributed by atoms with Crippen LogP contribution in [0.1, 0.15) is 55.4 Å². The molecule has 2 saturated heterocycles. The van der Waals surface area contributed by atoms with Crippen molar-refractivity contribution in [2.24, 2.45) is 0 Å². The molecule has 0 saturated carbocycles. The fourth-order valence-corrected chi connectivity index (χ4v) is 4.46. The van der Waals surface area contributed by atoms with E-state index in [4.69, 9.17) is 18.6 Å². The van der Waals surface area contributed by atoms with Crippen molar-refractivity contribution < 1.29 is 28.5 Å². The fourth-order valence-electron chi connectivity index (χ4n) is 3.44. The lowest BCUT2D eigenvalue weighted by atomic mass is 10.1. The minimum absolute atomic E-state index is 0.0461. The number of ether oxygens (including phenoxy) is 3. The Balaban J connectivity index is 2.31. The molecule has 0 aromatic carbocycles. The number of nitrogens with zero attached hydrogens (tertiary/aromatic N) is 1. The lowest BCUT2D eigenvalue weighted by molar-refractivity contribution is -0.170. The van der Waals surface area contributed by atoms with E-state index in [1.165, 1.54) is 0 Å². The van der Waals surface area contributed by atoms with Gasteiger partial charge in [-0.15, -0.1) is 0 Å². The van der Waals surface area contributed by atoms with Crippen LogP contribution in [0.15, 0.2) is 0 Å². The highest BCUT2D eigenvalue weighted by Gasteiger charge is 2.60. The summed E-state index contributed by atoms with van der Waals surface area (Å²) in [4.78, 5) is 14.6. The third-order valence-electron chi connectivity index (χ3n) is 5.85. The van der Waals surface area contributed by atoms with Crippen molar-refractivity contribution in [1.29, 1.82) is 0 Å². The summed E-state index contributed by atoms with van der Waals surface area (Å²) < 4.78 is 24.2. The van der Waals surface area contributed by atoms with Gasteiger partial charge in [0.2, 0.25) is 0 Å². The molecule has 28 heavy (non-hydrogen) atoms. The van der Waals surface area contributed by atoms with E-state index in [0.717, 1.165) is 0 Å². The predicted molar refractivity (Wildman–Crippen MR) is 110 cm³/mol. The van der Waals surface area contributed by atoms with E-state index in [1.54, 1.807) is 4.90 Å². The van der Waals surface area contributed by atoms with E-state index in [-0.39, 0.29) is 23.8 Å². The van der Waals surface area contributed by atoms with Gasteiger partial charge in [0.1, 0.15) is 17.8 Å². The summed E-state index contributed by atoms with van der Waals surface area (Å²) >= 11 is 0. The van der Waals surface area contributed by atoms with Crippen LogP contribution >= 0.6 is 0 Å². The number of likely N-dealkylation sites (tertiary alicyclic amines) is 1. The molecule has 1 amide bonds. The zero-order valence-corrected chi connectivity index (χ0v) is 20.2. The molecule has 1 N–H and O–H groups in total. The highest BCUT2D eigenvalue weighted by atomic mass is 28.4. The number of aliphatic hydroxyl groups excluding tert-OH is 1. The minimum Gasteiger partial charge on any atom is -0.444 e. The van der Waals surface area contributed by atoms with Crippen LogP contribution in [0, 0.1) is 0 Å². The fraction of sp³-hybridized carbons (Fsp3) is 0.950. The molecule has 0 aromatic heterocycles. The maximum Gasteiger partial charge on any atom is 0.411 e. The van der Waals surface area contributed by atoms with Gasteiger partial charge in [-0.05, 0) is 52.8 Å². The molecule has 0 aromatic rings. The summed E-state index contributed by atoms with van der Waals surface area (Å²) in [5, 5.41) is 10.1. The van der Waals surface area contributed by atoms with Gasteiger partial charge in [-0.2, -0.15) is 0 Å². The van der Waals surface area contributed by atoms with Crippen molar-refractivity contribution in [2.45, 2.75) is 109 Å². The molecule has 4 atom stereocenters. The molecular weight excluding hydrogens is 378 g/mol. The number of amides is 1. The Morgan fingerprint density at radius 1 is 1.07 bits per heavy atom. The van der Waals surface area contributed by atoms with Crippen molar-refractivity contribution in [3.63, 3.8) is 0 Å². The van der Waals surface area contributed by atoms with Gasteiger partial charge < -0.3 is 23.7 Å². The number of carbonyl (C=O) groups is 1. The quantitative estimate of drug-likeness (QED) is 0.706. The average molecular weight is 418 g/mol. The van der Waals surface area contributed by atoms with Gasteiger partial charge in [0.05, 0.1) is 25.3 Å². The van der Waals surface area contributed by atoms with Crippen LogP contribution < -0.4 is 0 Å². The largest absolute Gasteiger partial charge is 0.444 e. The zero-order chi connectivity index (χ0) is 21.7. The van der Waals surface area contributed by atoms with Crippen LogP contribution in [-0.2, 0) is 18.6 Å². The number of hydrogen-bond acceptors (Lipinski definition) is 6. The summed E-state index contributed by atoms with van der Waals surface area (Å²) in [6, 6.07) is -0.914. The molecule has 2 aliphatic rings. The van der Waals surface area contributed by atoms with Gasteiger partial charge in [-0.1, -0.05) is 20.8 Å². The van der Waals surface area contributed by atoms with E-state index < -0.39 is 37.9 Å². The molecule has 2 aliphatic heterocycles. The maximum atomic E-state index is 13.0. The van der Waals surface area contributed by atoms with Crippen molar-refractivity contribution in [3.05, 3.63) is 0 Å². The number of hydrogen-bond donors (Lipinski definition) is 1. The van der Waals surface area contributed by atoms with Gasteiger partial charge in [-0.25, -0.2) is 4.79 Å². The van der Waals surface area contributed by atoms with E-state index in [2.05, 4.69) is 33.9 Å². The van der Waals surface area contributed by atoms with E-state index >= 15 is 0 Å². The van der Waals surface area contributed by atoms with Crippen LogP contribution in [-0.4, -0.2) is 73.3 Å². The standard InChI is InChI=1S/C20H39NO6Si/c1-18(2,3)27-17(23)21-13(11-22)15-16(26-20(7,8)25-15)14(21)12-24-28(9,10)19(4,5)6/h13-16,22H,11-12H2,1-10H3/t13-,14+,15-,16+/m0/s1. The molecule has 0 aliphatic carbocycles. The Hall–Kier alpha value is -0.673. The van der Waals surface area contributed by atoms with Crippen LogP contribution in [0.4, 0.5) is 4.79 Å². The predicted octanol–water partition coefficient (Wildman–Crippen LogP) is 3.51. The third-order valence-corrected chi connectivity index (χ3v) is 10.3. The smallest absolute Gasteiger partial charge is 0.411 e. The molecule has 2 rings (SSSR count). The monoisotopic (exact) mass is 417 g/mol.